The van der Waals surface area contributed by atoms with Crippen LogP contribution in [-0.4, -0.2) is 40.2 Å². The van der Waals surface area contributed by atoms with Gasteiger partial charge in [0.05, 0.1) is 25.5 Å². The zero-order chi connectivity index (χ0) is 21.7. The number of H-pyrrole nitrogens is 1. The fraction of sp³-hybridized carbons (Fsp3) is 0.500. The lowest BCUT2D eigenvalue weighted by Crippen LogP contribution is -2.43. The number of nitrogens with one attached hydrogen (secondary N) is 1. The Bertz CT molecular complexity index is 864. The van der Waals surface area contributed by atoms with Crippen LogP contribution in [0.15, 0.2) is 22.8 Å². The zero-order valence-corrected chi connectivity index (χ0v) is 18.0. The summed E-state index contributed by atoms with van der Waals surface area (Å²) in [6.07, 6.45) is 1.87. The number of amides is 1. The largest absolute Gasteiger partial charge is 0.467 e. The third kappa shape index (κ3) is 5.16. The number of carbonyl (C=O) groups is 3. The first-order chi connectivity index (χ1) is 13.7. The predicted molar refractivity (Wildman–Crippen MR) is 109 cm³/mol. The van der Waals surface area contributed by atoms with Gasteiger partial charge in [-0.2, -0.15) is 0 Å². The number of carbonyl (C=O) groups excluding carboxylic acids is 3. The maximum atomic E-state index is 13.3. The number of aromatic amines is 1. The van der Waals surface area contributed by atoms with Crippen molar-refractivity contribution >= 4 is 17.7 Å². The molecule has 1 amide bonds. The van der Waals surface area contributed by atoms with Crippen LogP contribution in [0.5, 0.6) is 0 Å². The molecule has 0 aromatic carbocycles. The van der Waals surface area contributed by atoms with Crippen LogP contribution in [0.2, 0.25) is 0 Å². The topological polar surface area (TPSA) is 92.6 Å². The van der Waals surface area contributed by atoms with E-state index in [4.69, 9.17) is 9.15 Å². The lowest BCUT2D eigenvalue weighted by atomic mass is 9.99. The molecule has 0 aliphatic heterocycles. The fourth-order valence-electron chi connectivity index (χ4n) is 3.36. The molecule has 0 radical (unpaired) electrons. The minimum Gasteiger partial charge on any atom is -0.467 e. The van der Waals surface area contributed by atoms with Crippen molar-refractivity contribution in [3.8, 4) is 0 Å². The van der Waals surface area contributed by atoms with Crippen LogP contribution in [0.3, 0.4) is 0 Å². The number of esters is 1. The van der Waals surface area contributed by atoms with Gasteiger partial charge in [0.2, 0.25) is 5.91 Å². The fourth-order valence-corrected chi connectivity index (χ4v) is 3.36. The number of ether oxygens (including phenoxy) is 1. The zero-order valence-electron chi connectivity index (χ0n) is 18.0. The molecule has 0 fully saturated rings. The van der Waals surface area contributed by atoms with E-state index in [1.807, 2.05) is 13.8 Å². The van der Waals surface area contributed by atoms with Gasteiger partial charge in [-0.1, -0.05) is 13.8 Å². The summed E-state index contributed by atoms with van der Waals surface area (Å²) < 4.78 is 10.5. The smallest absolute Gasteiger partial charge is 0.355 e. The molecule has 0 saturated carbocycles. The van der Waals surface area contributed by atoms with Crippen molar-refractivity contribution in [3.05, 3.63) is 46.7 Å². The first-order valence-electron chi connectivity index (χ1n) is 9.89. The lowest BCUT2D eigenvalue weighted by Gasteiger charge is -2.28. The van der Waals surface area contributed by atoms with E-state index in [9.17, 15) is 14.4 Å². The normalized spacial score (nSPS) is 12.1. The molecule has 0 saturated heterocycles. The van der Waals surface area contributed by atoms with Gasteiger partial charge >= 0.3 is 5.97 Å². The maximum Gasteiger partial charge on any atom is 0.355 e. The van der Waals surface area contributed by atoms with Crippen LogP contribution >= 0.6 is 0 Å². The number of Topliss-reactive ketones (excluding diaryl/α,β-unsaturated/α-hetero) is 1. The van der Waals surface area contributed by atoms with Crippen molar-refractivity contribution in [1.82, 2.24) is 9.88 Å². The Balaban J connectivity index is 2.35. The van der Waals surface area contributed by atoms with E-state index >= 15 is 0 Å². The standard InChI is InChI=1S/C22H30N2O5/c1-7-28-22(27)20-14(4)19(15(5)23-20)21(26)16(6)24(18(25)11-13(2)3)12-17-9-8-10-29-17/h8-10,13,16,23H,7,11-12H2,1-6H3/t16-/m0/s1. The quantitative estimate of drug-likeness (QED) is 0.505. The number of furan rings is 1. The Morgan fingerprint density at radius 1 is 1.21 bits per heavy atom. The Hall–Kier alpha value is -2.83. The average Bonchev–Trinajstić information content (AvgIpc) is 3.25. The van der Waals surface area contributed by atoms with Gasteiger partial charge in [-0.15, -0.1) is 0 Å². The molecule has 0 aliphatic carbocycles. The van der Waals surface area contributed by atoms with Crippen molar-refractivity contribution < 1.29 is 23.5 Å². The molecule has 7 heteroatoms. The number of aromatic nitrogens is 1. The van der Waals surface area contributed by atoms with Crippen molar-refractivity contribution in [2.75, 3.05) is 6.61 Å². The molecule has 0 spiro atoms. The molecule has 2 aromatic rings. The van der Waals surface area contributed by atoms with Crippen molar-refractivity contribution in [3.63, 3.8) is 0 Å². The average molecular weight is 402 g/mol. The number of rotatable bonds is 9. The first kappa shape index (κ1) is 22.5. The highest BCUT2D eigenvalue weighted by Crippen LogP contribution is 2.23. The summed E-state index contributed by atoms with van der Waals surface area (Å²) >= 11 is 0. The van der Waals surface area contributed by atoms with Gasteiger partial charge in [0.1, 0.15) is 11.5 Å². The summed E-state index contributed by atoms with van der Waals surface area (Å²) in [5.74, 6) is -0.0705. The van der Waals surface area contributed by atoms with Gasteiger partial charge in [0, 0.05) is 17.7 Å². The molecule has 2 heterocycles. The van der Waals surface area contributed by atoms with Crippen molar-refractivity contribution in [1.29, 1.82) is 0 Å². The summed E-state index contributed by atoms with van der Waals surface area (Å²) in [6, 6.07) is 2.81. The summed E-state index contributed by atoms with van der Waals surface area (Å²) in [6.45, 7) is 11.3. The third-order valence-corrected chi connectivity index (χ3v) is 4.82. The highest BCUT2D eigenvalue weighted by atomic mass is 16.5. The summed E-state index contributed by atoms with van der Waals surface area (Å²) in [5, 5.41) is 0. The number of hydrogen-bond acceptors (Lipinski definition) is 5. The van der Waals surface area contributed by atoms with Crippen molar-refractivity contribution in [2.45, 2.75) is 60.5 Å². The van der Waals surface area contributed by atoms with Crippen LogP contribution < -0.4 is 0 Å². The lowest BCUT2D eigenvalue weighted by molar-refractivity contribution is -0.134. The summed E-state index contributed by atoms with van der Waals surface area (Å²) in [7, 11) is 0. The molecular formula is C22H30N2O5. The maximum absolute atomic E-state index is 13.3. The van der Waals surface area contributed by atoms with Crippen LogP contribution in [0, 0.1) is 19.8 Å². The monoisotopic (exact) mass is 402 g/mol. The molecule has 0 bridgehead atoms. The molecule has 0 unspecified atom stereocenters. The number of nitrogens with zero attached hydrogens (tertiary/aromatic N) is 1. The molecular weight excluding hydrogens is 372 g/mol. The van der Waals surface area contributed by atoms with Gasteiger partial charge in [0.25, 0.3) is 0 Å². The third-order valence-electron chi connectivity index (χ3n) is 4.82. The van der Waals surface area contributed by atoms with E-state index in [0.717, 1.165) is 0 Å². The highest BCUT2D eigenvalue weighted by molar-refractivity contribution is 6.06. The summed E-state index contributed by atoms with van der Waals surface area (Å²) in [5.41, 5.74) is 1.80. The Morgan fingerprint density at radius 2 is 1.90 bits per heavy atom. The van der Waals surface area contributed by atoms with Gasteiger partial charge in [-0.25, -0.2) is 4.79 Å². The molecule has 1 atom stereocenters. The van der Waals surface area contributed by atoms with Crippen molar-refractivity contribution in [2.24, 2.45) is 5.92 Å². The Morgan fingerprint density at radius 3 is 2.45 bits per heavy atom. The number of hydrogen-bond donors (Lipinski definition) is 1. The molecule has 7 nitrogen and oxygen atoms in total. The molecule has 158 valence electrons. The molecule has 0 aliphatic rings. The second-order valence-corrected chi connectivity index (χ2v) is 7.58. The second-order valence-electron chi connectivity index (χ2n) is 7.58. The van der Waals surface area contributed by atoms with E-state index in [1.54, 1.807) is 46.1 Å². The second kappa shape index (κ2) is 9.58. The SMILES string of the molecule is CCOC(=O)c1[nH]c(C)c(C(=O)[C@H](C)N(Cc2ccco2)C(=O)CC(C)C)c1C. The predicted octanol–water partition coefficient (Wildman–Crippen LogP) is 4.05. The summed E-state index contributed by atoms with van der Waals surface area (Å²) in [4.78, 5) is 42.9. The van der Waals surface area contributed by atoms with E-state index in [-0.39, 0.29) is 36.5 Å². The van der Waals surface area contributed by atoms with E-state index in [2.05, 4.69) is 4.98 Å². The van der Waals surface area contributed by atoms with Crippen LogP contribution in [0.1, 0.15) is 72.0 Å². The molecule has 1 N–H and O–H groups in total. The van der Waals surface area contributed by atoms with Crippen LogP contribution in [-0.2, 0) is 16.1 Å². The van der Waals surface area contributed by atoms with Gasteiger partial charge in [-0.05, 0) is 51.3 Å². The molecule has 29 heavy (non-hydrogen) atoms. The number of ketones is 1. The first-order valence-corrected chi connectivity index (χ1v) is 9.89. The van der Waals surface area contributed by atoms with E-state index in [1.165, 1.54) is 4.90 Å². The van der Waals surface area contributed by atoms with E-state index < -0.39 is 12.0 Å². The van der Waals surface area contributed by atoms with Gasteiger partial charge in [0.15, 0.2) is 5.78 Å². The minimum absolute atomic E-state index is 0.117. The highest BCUT2D eigenvalue weighted by Gasteiger charge is 2.31. The Kier molecular flexibility index (Phi) is 7.42. The molecule has 2 rings (SSSR count). The minimum atomic E-state index is -0.713. The van der Waals surface area contributed by atoms with Gasteiger partial charge in [-0.3, -0.25) is 9.59 Å². The van der Waals surface area contributed by atoms with Crippen LogP contribution in [0.4, 0.5) is 0 Å². The van der Waals surface area contributed by atoms with E-state index in [0.29, 0.717) is 29.0 Å². The van der Waals surface area contributed by atoms with Gasteiger partial charge < -0.3 is 19.0 Å². The Labute approximate surface area is 171 Å². The molecule has 2 aromatic heterocycles. The van der Waals surface area contributed by atoms with Crippen LogP contribution in [0.25, 0.3) is 0 Å². The number of aryl methyl sites for hydroxylation is 1.